The lowest BCUT2D eigenvalue weighted by Crippen LogP contribution is -2.35. The van der Waals surface area contributed by atoms with E-state index in [1.807, 2.05) is 0 Å². The van der Waals surface area contributed by atoms with Crippen molar-refractivity contribution in [3.05, 3.63) is 42.0 Å². The van der Waals surface area contributed by atoms with Gasteiger partial charge in [-0.15, -0.1) is 0 Å². The van der Waals surface area contributed by atoms with Crippen LogP contribution in [0.4, 0.5) is 11.4 Å². The number of benzene rings is 2. The van der Waals surface area contributed by atoms with Gasteiger partial charge in [0.2, 0.25) is 0 Å². The number of carbonyl (C=O) groups excluding carboxylic acids is 2. The lowest BCUT2D eigenvalue weighted by molar-refractivity contribution is -0.122. The molecule has 1 aliphatic rings. The van der Waals surface area contributed by atoms with Gasteiger partial charge in [0.1, 0.15) is 0 Å². The van der Waals surface area contributed by atoms with E-state index in [2.05, 4.69) is 10.6 Å². The Morgan fingerprint density at radius 2 is 1.92 bits per heavy atom. The summed E-state index contributed by atoms with van der Waals surface area (Å²) in [5.74, 6) is 0.829. The SMILES string of the molecule is COc1ccc(NC(=O)c2cccc3c2OC(C)C(=O)N3)cc1OC. The second-order valence-corrected chi connectivity index (χ2v) is 5.46. The van der Waals surface area contributed by atoms with Gasteiger partial charge in [-0.2, -0.15) is 0 Å². The summed E-state index contributed by atoms with van der Waals surface area (Å²) in [4.78, 5) is 24.3. The Morgan fingerprint density at radius 3 is 2.64 bits per heavy atom. The number of methoxy groups -OCH3 is 2. The average Bonchev–Trinajstić information content (AvgIpc) is 2.62. The minimum atomic E-state index is -0.664. The van der Waals surface area contributed by atoms with Crippen LogP contribution in [0, 0.1) is 0 Å². The van der Waals surface area contributed by atoms with Crippen LogP contribution in [0.15, 0.2) is 36.4 Å². The van der Waals surface area contributed by atoms with Gasteiger partial charge in [-0.25, -0.2) is 0 Å². The maximum atomic E-state index is 12.7. The summed E-state index contributed by atoms with van der Waals surface area (Å²) in [5.41, 5.74) is 1.36. The van der Waals surface area contributed by atoms with Crippen LogP contribution in [0.3, 0.4) is 0 Å². The molecule has 2 amide bonds. The van der Waals surface area contributed by atoms with Crippen molar-refractivity contribution in [2.24, 2.45) is 0 Å². The fourth-order valence-electron chi connectivity index (χ4n) is 2.52. The van der Waals surface area contributed by atoms with E-state index in [-0.39, 0.29) is 11.8 Å². The third kappa shape index (κ3) is 3.21. The van der Waals surface area contributed by atoms with E-state index in [1.54, 1.807) is 50.4 Å². The molecule has 0 radical (unpaired) electrons. The molecule has 0 fully saturated rings. The van der Waals surface area contributed by atoms with Crippen LogP contribution in [-0.4, -0.2) is 32.1 Å². The summed E-state index contributed by atoms with van der Waals surface area (Å²) in [7, 11) is 3.06. The number of carbonyl (C=O) groups is 2. The molecule has 2 N–H and O–H groups in total. The molecule has 7 heteroatoms. The normalized spacial score (nSPS) is 15.5. The quantitative estimate of drug-likeness (QED) is 0.892. The van der Waals surface area contributed by atoms with Crippen LogP contribution >= 0.6 is 0 Å². The van der Waals surface area contributed by atoms with Crippen molar-refractivity contribution in [2.45, 2.75) is 13.0 Å². The monoisotopic (exact) mass is 342 g/mol. The van der Waals surface area contributed by atoms with E-state index in [0.717, 1.165) is 0 Å². The first-order valence-corrected chi connectivity index (χ1v) is 7.67. The molecule has 25 heavy (non-hydrogen) atoms. The highest BCUT2D eigenvalue weighted by molar-refractivity contribution is 6.09. The van der Waals surface area contributed by atoms with Gasteiger partial charge in [0, 0.05) is 11.8 Å². The second-order valence-electron chi connectivity index (χ2n) is 5.46. The number of hydrogen-bond acceptors (Lipinski definition) is 5. The molecular weight excluding hydrogens is 324 g/mol. The Hall–Kier alpha value is -3.22. The van der Waals surface area contributed by atoms with Gasteiger partial charge in [0.25, 0.3) is 11.8 Å². The average molecular weight is 342 g/mol. The van der Waals surface area contributed by atoms with Crippen LogP contribution in [0.2, 0.25) is 0 Å². The first-order chi connectivity index (χ1) is 12.0. The number of nitrogens with one attached hydrogen (secondary N) is 2. The molecular formula is C18H18N2O5. The first kappa shape index (κ1) is 16.6. The van der Waals surface area contributed by atoms with Crippen molar-refractivity contribution < 1.29 is 23.8 Å². The van der Waals surface area contributed by atoms with E-state index in [4.69, 9.17) is 14.2 Å². The lowest BCUT2D eigenvalue weighted by Gasteiger charge is -2.25. The first-order valence-electron chi connectivity index (χ1n) is 7.67. The highest BCUT2D eigenvalue weighted by atomic mass is 16.5. The Bertz CT molecular complexity index is 834. The molecule has 0 spiro atoms. The van der Waals surface area contributed by atoms with Crippen molar-refractivity contribution in [2.75, 3.05) is 24.9 Å². The molecule has 0 saturated carbocycles. The highest BCUT2D eigenvalue weighted by Crippen LogP contribution is 2.34. The van der Waals surface area contributed by atoms with Gasteiger partial charge in [-0.05, 0) is 31.2 Å². The third-order valence-corrected chi connectivity index (χ3v) is 3.82. The lowest BCUT2D eigenvalue weighted by atomic mass is 10.1. The predicted molar refractivity (Wildman–Crippen MR) is 92.7 cm³/mol. The van der Waals surface area contributed by atoms with Crippen molar-refractivity contribution in [1.29, 1.82) is 0 Å². The fraction of sp³-hybridized carbons (Fsp3) is 0.222. The molecule has 0 aliphatic carbocycles. The number of anilines is 2. The van der Waals surface area contributed by atoms with Crippen LogP contribution in [0.1, 0.15) is 17.3 Å². The van der Waals surface area contributed by atoms with Crippen LogP contribution in [-0.2, 0) is 4.79 Å². The zero-order chi connectivity index (χ0) is 18.0. The van der Waals surface area contributed by atoms with Gasteiger partial charge in [-0.1, -0.05) is 6.07 Å². The van der Waals surface area contributed by atoms with Crippen molar-refractivity contribution in [3.8, 4) is 17.2 Å². The Labute approximate surface area is 144 Å². The number of hydrogen-bond donors (Lipinski definition) is 2. The number of ether oxygens (including phenoxy) is 3. The zero-order valence-electron chi connectivity index (χ0n) is 14.1. The van der Waals surface area contributed by atoms with Crippen LogP contribution in [0.25, 0.3) is 0 Å². The summed E-state index contributed by atoms with van der Waals surface area (Å²) in [6, 6.07) is 10.1. The smallest absolute Gasteiger partial charge is 0.265 e. The molecule has 3 rings (SSSR count). The summed E-state index contributed by atoms with van der Waals surface area (Å²) >= 11 is 0. The maximum Gasteiger partial charge on any atom is 0.265 e. The van der Waals surface area contributed by atoms with Crippen molar-refractivity contribution in [3.63, 3.8) is 0 Å². The maximum absolute atomic E-state index is 12.7. The third-order valence-electron chi connectivity index (χ3n) is 3.82. The van der Waals surface area contributed by atoms with Gasteiger partial charge in [0.15, 0.2) is 23.4 Å². The number of rotatable bonds is 4. The molecule has 2 aromatic rings. The van der Waals surface area contributed by atoms with E-state index in [0.29, 0.717) is 34.2 Å². The number of fused-ring (bicyclic) bond motifs is 1. The fourth-order valence-corrected chi connectivity index (χ4v) is 2.52. The largest absolute Gasteiger partial charge is 0.493 e. The van der Waals surface area contributed by atoms with Crippen LogP contribution in [0.5, 0.6) is 17.2 Å². The van der Waals surface area contributed by atoms with Crippen molar-refractivity contribution >= 4 is 23.2 Å². The molecule has 0 aromatic heterocycles. The van der Waals surface area contributed by atoms with E-state index >= 15 is 0 Å². The van der Waals surface area contributed by atoms with Gasteiger partial charge >= 0.3 is 0 Å². The Morgan fingerprint density at radius 1 is 1.16 bits per heavy atom. The molecule has 130 valence electrons. The van der Waals surface area contributed by atoms with Crippen molar-refractivity contribution in [1.82, 2.24) is 0 Å². The molecule has 1 atom stereocenters. The molecule has 1 aliphatic heterocycles. The van der Waals surface area contributed by atoms with Gasteiger partial charge in [-0.3, -0.25) is 9.59 Å². The second kappa shape index (κ2) is 6.72. The van der Waals surface area contributed by atoms with E-state index in [9.17, 15) is 9.59 Å². The summed E-state index contributed by atoms with van der Waals surface area (Å²) in [6.45, 7) is 1.63. The van der Waals surface area contributed by atoms with Crippen LogP contribution < -0.4 is 24.8 Å². The molecule has 0 saturated heterocycles. The van der Waals surface area contributed by atoms with Gasteiger partial charge < -0.3 is 24.8 Å². The molecule has 1 unspecified atom stereocenters. The molecule has 2 aromatic carbocycles. The standard InChI is InChI=1S/C18H18N2O5/c1-10-17(21)20-13-6-4-5-12(16(13)25-10)18(22)19-11-7-8-14(23-2)15(9-11)24-3/h4-10H,1-3H3,(H,19,22)(H,20,21). The Kier molecular flexibility index (Phi) is 4.47. The summed E-state index contributed by atoms with van der Waals surface area (Å²) < 4.78 is 16.0. The predicted octanol–water partition coefficient (Wildman–Crippen LogP) is 2.68. The Balaban J connectivity index is 1.88. The minimum absolute atomic E-state index is 0.245. The molecule has 7 nitrogen and oxygen atoms in total. The minimum Gasteiger partial charge on any atom is -0.493 e. The molecule has 1 heterocycles. The number of amides is 2. The highest BCUT2D eigenvalue weighted by Gasteiger charge is 2.27. The number of para-hydroxylation sites is 1. The van der Waals surface area contributed by atoms with E-state index in [1.165, 1.54) is 7.11 Å². The zero-order valence-corrected chi connectivity index (χ0v) is 14.1. The topological polar surface area (TPSA) is 85.9 Å². The summed E-state index contributed by atoms with van der Waals surface area (Å²) in [6.07, 6.45) is -0.664. The molecule has 0 bridgehead atoms. The van der Waals surface area contributed by atoms with Gasteiger partial charge in [0.05, 0.1) is 25.5 Å². The van der Waals surface area contributed by atoms with E-state index < -0.39 is 6.10 Å². The summed E-state index contributed by atoms with van der Waals surface area (Å²) in [5, 5.41) is 5.51.